The Labute approximate surface area is 109 Å². The molecule has 84 valence electrons. The predicted molar refractivity (Wildman–Crippen MR) is 67.8 cm³/mol. The van der Waals surface area contributed by atoms with Crippen molar-refractivity contribution in [2.45, 2.75) is 6.54 Å². The fraction of sp³-hybridized carbons (Fsp3) is 0.0909. The summed E-state index contributed by atoms with van der Waals surface area (Å²) in [6.07, 6.45) is 0. The van der Waals surface area contributed by atoms with Crippen molar-refractivity contribution in [2.75, 3.05) is 5.32 Å². The largest absolute Gasteiger partial charge is 0.451 e. The quantitative estimate of drug-likeness (QED) is 0.879. The highest BCUT2D eigenvalue weighted by molar-refractivity contribution is 9.13. The van der Waals surface area contributed by atoms with E-state index in [1.165, 1.54) is 12.1 Å². The molecule has 0 atom stereocenters. The molecule has 1 aromatic carbocycles. The first kappa shape index (κ1) is 11.7. The summed E-state index contributed by atoms with van der Waals surface area (Å²) in [5.41, 5.74) is 0.852. The maximum Gasteiger partial charge on any atom is 0.183 e. The average Bonchev–Trinajstić information content (AvgIpc) is 2.58. The van der Waals surface area contributed by atoms with E-state index in [2.05, 4.69) is 37.2 Å². The topological polar surface area (TPSA) is 25.2 Å². The van der Waals surface area contributed by atoms with Gasteiger partial charge in [-0.15, -0.1) is 0 Å². The molecule has 0 saturated heterocycles. The van der Waals surface area contributed by atoms with Crippen LogP contribution in [0, 0.1) is 5.82 Å². The lowest BCUT2D eigenvalue weighted by molar-refractivity contribution is 0.494. The normalized spacial score (nSPS) is 10.4. The highest BCUT2D eigenvalue weighted by Crippen LogP contribution is 2.27. The van der Waals surface area contributed by atoms with Crippen molar-refractivity contribution in [3.63, 3.8) is 0 Å². The van der Waals surface area contributed by atoms with Gasteiger partial charge >= 0.3 is 0 Å². The fourth-order valence-corrected chi connectivity index (χ4v) is 1.89. The summed E-state index contributed by atoms with van der Waals surface area (Å²) in [4.78, 5) is 0. The van der Waals surface area contributed by atoms with Crippen molar-refractivity contribution in [1.29, 1.82) is 0 Å². The molecule has 16 heavy (non-hydrogen) atoms. The van der Waals surface area contributed by atoms with Crippen molar-refractivity contribution in [3.8, 4) is 0 Å². The van der Waals surface area contributed by atoms with Crippen LogP contribution >= 0.6 is 31.9 Å². The zero-order valence-corrected chi connectivity index (χ0v) is 11.3. The molecule has 5 heteroatoms. The maximum absolute atomic E-state index is 12.6. The number of rotatable bonds is 3. The van der Waals surface area contributed by atoms with Crippen LogP contribution in [-0.2, 0) is 6.54 Å². The molecule has 0 radical (unpaired) electrons. The van der Waals surface area contributed by atoms with Crippen LogP contribution in [0.25, 0.3) is 0 Å². The first-order chi connectivity index (χ1) is 7.65. The van der Waals surface area contributed by atoms with E-state index in [9.17, 15) is 4.39 Å². The van der Waals surface area contributed by atoms with Crippen LogP contribution in [0.4, 0.5) is 10.1 Å². The molecule has 2 rings (SSSR count). The molecule has 0 spiro atoms. The van der Waals surface area contributed by atoms with Crippen molar-refractivity contribution >= 4 is 37.5 Å². The second-order valence-corrected chi connectivity index (χ2v) is 4.77. The van der Waals surface area contributed by atoms with Crippen LogP contribution in [0.3, 0.4) is 0 Å². The molecular weight excluding hydrogens is 341 g/mol. The first-order valence-electron chi connectivity index (χ1n) is 4.58. The Hall–Kier alpha value is -0.810. The minimum atomic E-state index is -0.242. The van der Waals surface area contributed by atoms with Crippen molar-refractivity contribution in [2.24, 2.45) is 0 Å². The maximum atomic E-state index is 12.6. The minimum absolute atomic E-state index is 0.242. The highest BCUT2D eigenvalue weighted by Gasteiger charge is 2.05. The lowest BCUT2D eigenvalue weighted by atomic mass is 10.3. The molecule has 0 aliphatic carbocycles. The molecular formula is C11H8Br2FNO. The number of furan rings is 1. The van der Waals surface area contributed by atoms with Crippen LogP contribution < -0.4 is 5.32 Å². The number of halogens is 3. The third-order valence-electron chi connectivity index (χ3n) is 2.01. The van der Waals surface area contributed by atoms with Crippen LogP contribution in [0.1, 0.15) is 5.76 Å². The lowest BCUT2D eigenvalue weighted by Gasteiger charge is -2.03. The van der Waals surface area contributed by atoms with Gasteiger partial charge in [-0.2, -0.15) is 0 Å². The van der Waals surface area contributed by atoms with Crippen LogP contribution in [0.15, 0.2) is 43.9 Å². The molecule has 1 aromatic heterocycles. The van der Waals surface area contributed by atoms with Crippen molar-refractivity contribution in [3.05, 3.63) is 51.1 Å². The van der Waals surface area contributed by atoms with Gasteiger partial charge in [-0.1, -0.05) is 0 Å². The van der Waals surface area contributed by atoms with Gasteiger partial charge in [0.2, 0.25) is 0 Å². The third kappa shape index (κ3) is 2.86. The van der Waals surface area contributed by atoms with E-state index < -0.39 is 0 Å². The van der Waals surface area contributed by atoms with Gasteiger partial charge in [0.05, 0.1) is 11.0 Å². The van der Waals surface area contributed by atoms with E-state index in [1.54, 1.807) is 12.1 Å². The highest BCUT2D eigenvalue weighted by atomic mass is 79.9. The Morgan fingerprint density at radius 3 is 2.44 bits per heavy atom. The molecule has 0 aliphatic heterocycles. The lowest BCUT2D eigenvalue weighted by Crippen LogP contribution is -1.97. The summed E-state index contributed by atoms with van der Waals surface area (Å²) in [7, 11) is 0. The molecule has 0 aliphatic rings. The summed E-state index contributed by atoms with van der Waals surface area (Å²) >= 11 is 6.59. The Morgan fingerprint density at radius 1 is 1.19 bits per heavy atom. The standard InChI is InChI=1S/C11H8Br2FNO/c12-10-5-9(16-11(10)13)6-15-8-3-1-7(14)2-4-8/h1-5,15H,6H2. The summed E-state index contributed by atoms with van der Waals surface area (Å²) < 4.78 is 19.6. The smallest absolute Gasteiger partial charge is 0.183 e. The van der Waals surface area contributed by atoms with Crippen LogP contribution in [-0.4, -0.2) is 0 Å². The Balaban J connectivity index is 1.99. The molecule has 0 bridgehead atoms. The second kappa shape index (κ2) is 5.01. The summed E-state index contributed by atoms with van der Waals surface area (Å²) in [5.74, 6) is 0.553. The fourth-order valence-electron chi connectivity index (χ4n) is 1.24. The van der Waals surface area contributed by atoms with Gasteiger partial charge in [0.25, 0.3) is 0 Å². The van der Waals surface area contributed by atoms with Gasteiger partial charge in [-0.3, -0.25) is 0 Å². The molecule has 1 N–H and O–H groups in total. The van der Waals surface area contributed by atoms with Gasteiger partial charge in [0.1, 0.15) is 11.6 Å². The number of hydrogen-bond donors (Lipinski definition) is 1. The van der Waals surface area contributed by atoms with E-state index in [0.29, 0.717) is 11.2 Å². The van der Waals surface area contributed by atoms with Crippen LogP contribution in [0.5, 0.6) is 0 Å². The molecule has 0 amide bonds. The molecule has 2 aromatic rings. The van der Waals surface area contributed by atoms with Crippen molar-refractivity contribution in [1.82, 2.24) is 0 Å². The zero-order chi connectivity index (χ0) is 11.5. The summed E-state index contributed by atoms with van der Waals surface area (Å²) in [5, 5.41) is 3.13. The molecule has 0 saturated carbocycles. The van der Waals surface area contributed by atoms with Gasteiger partial charge in [-0.05, 0) is 62.2 Å². The van der Waals surface area contributed by atoms with Gasteiger partial charge in [0, 0.05) is 5.69 Å². The molecule has 0 unspecified atom stereocenters. The van der Waals surface area contributed by atoms with Crippen molar-refractivity contribution < 1.29 is 8.81 Å². The van der Waals surface area contributed by atoms with E-state index in [1.807, 2.05) is 6.07 Å². The monoisotopic (exact) mass is 347 g/mol. The number of nitrogens with one attached hydrogen (secondary N) is 1. The zero-order valence-electron chi connectivity index (χ0n) is 8.14. The van der Waals surface area contributed by atoms with E-state index >= 15 is 0 Å². The Morgan fingerprint density at radius 2 is 1.88 bits per heavy atom. The average molecular weight is 349 g/mol. The SMILES string of the molecule is Fc1ccc(NCc2cc(Br)c(Br)o2)cc1. The third-order valence-corrected chi connectivity index (χ3v) is 3.72. The van der Waals surface area contributed by atoms with E-state index in [4.69, 9.17) is 4.42 Å². The summed E-state index contributed by atoms with van der Waals surface area (Å²) in [6.45, 7) is 0.551. The summed E-state index contributed by atoms with van der Waals surface area (Å²) in [6, 6.07) is 8.07. The first-order valence-corrected chi connectivity index (χ1v) is 6.17. The minimum Gasteiger partial charge on any atom is -0.451 e. The predicted octanol–water partition coefficient (Wildman–Crippen LogP) is 4.56. The molecule has 2 nitrogen and oxygen atoms in total. The van der Waals surface area contributed by atoms with Crippen LogP contribution in [0.2, 0.25) is 0 Å². The number of anilines is 1. The van der Waals surface area contributed by atoms with E-state index in [0.717, 1.165) is 15.9 Å². The number of hydrogen-bond acceptors (Lipinski definition) is 2. The van der Waals surface area contributed by atoms with Gasteiger partial charge in [-0.25, -0.2) is 4.39 Å². The van der Waals surface area contributed by atoms with Gasteiger partial charge < -0.3 is 9.73 Å². The van der Waals surface area contributed by atoms with Gasteiger partial charge in [0.15, 0.2) is 4.67 Å². The molecule has 0 fully saturated rings. The number of benzene rings is 1. The Bertz CT molecular complexity index is 462. The Kier molecular flexibility index (Phi) is 3.66. The molecule has 1 heterocycles. The second-order valence-electron chi connectivity index (χ2n) is 3.19. The van der Waals surface area contributed by atoms with E-state index in [-0.39, 0.29) is 5.82 Å².